The highest BCUT2D eigenvalue weighted by molar-refractivity contribution is 6.76. The number of carbonyl (C=O) groups excluding carboxylic acids is 1. The third-order valence-corrected chi connectivity index (χ3v) is 4.27. The second kappa shape index (κ2) is 5.29. The smallest absolute Gasteiger partial charge is 0.249 e. The quantitative estimate of drug-likeness (QED) is 0.830. The van der Waals surface area contributed by atoms with Gasteiger partial charge in [-0.2, -0.15) is 0 Å². The maximum absolute atomic E-state index is 11.8. The molecule has 2 aromatic rings. The summed E-state index contributed by atoms with van der Waals surface area (Å²) in [6.07, 6.45) is -0.661. The Morgan fingerprint density at radius 2 is 1.71 bits per heavy atom. The van der Waals surface area contributed by atoms with Crippen LogP contribution in [0.3, 0.4) is 0 Å². The summed E-state index contributed by atoms with van der Waals surface area (Å²) in [5, 5.41) is 10.4. The number of alkyl halides is 3. The van der Waals surface area contributed by atoms with E-state index in [4.69, 9.17) is 34.8 Å². The highest BCUT2D eigenvalue weighted by Gasteiger charge is 2.31. The lowest BCUT2D eigenvalue weighted by molar-refractivity contribution is -0.117. The van der Waals surface area contributed by atoms with Gasteiger partial charge in [0.15, 0.2) is 5.78 Å². The van der Waals surface area contributed by atoms with Crippen molar-refractivity contribution < 1.29 is 9.90 Å². The second-order valence-electron chi connectivity index (χ2n) is 5.01. The number of Topliss-reactive ketones (excluding diaryl/α,β-unsaturated/α-hetero) is 1. The largest absolute Gasteiger partial charge is 0.384 e. The summed E-state index contributed by atoms with van der Waals surface area (Å²) in [5.74, 6) is -0.488. The van der Waals surface area contributed by atoms with Crippen molar-refractivity contribution >= 4 is 40.6 Å². The van der Waals surface area contributed by atoms with E-state index in [2.05, 4.69) is 0 Å². The van der Waals surface area contributed by atoms with Crippen LogP contribution in [0, 0.1) is 0 Å². The van der Waals surface area contributed by atoms with Gasteiger partial charge in [0.1, 0.15) is 6.10 Å². The molecule has 1 aliphatic rings. The van der Waals surface area contributed by atoms with Crippen LogP contribution in [-0.4, -0.2) is 14.7 Å². The molecule has 3 rings (SSSR count). The van der Waals surface area contributed by atoms with Crippen molar-refractivity contribution in [1.29, 1.82) is 0 Å². The molecule has 0 aliphatic heterocycles. The fraction of sp³-hybridized carbons (Fsp3) is 0.188. The molecular weight excluding hydrogens is 331 g/mol. The average Bonchev–Trinajstić information content (AvgIpc) is 2.72. The monoisotopic (exact) mass is 340 g/mol. The van der Waals surface area contributed by atoms with Crippen molar-refractivity contribution in [3.05, 3.63) is 59.2 Å². The molecule has 1 N–H and O–H groups in total. The fourth-order valence-electron chi connectivity index (χ4n) is 2.63. The molecule has 0 saturated heterocycles. The van der Waals surface area contributed by atoms with E-state index in [1.807, 2.05) is 36.4 Å². The summed E-state index contributed by atoms with van der Waals surface area (Å²) in [6, 6.07) is 13.2. The van der Waals surface area contributed by atoms with Crippen molar-refractivity contribution in [3.8, 4) is 11.1 Å². The molecule has 0 fully saturated rings. The van der Waals surface area contributed by atoms with Crippen molar-refractivity contribution in [2.24, 2.45) is 0 Å². The summed E-state index contributed by atoms with van der Waals surface area (Å²) in [6.45, 7) is 0. The van der Waals surface area contributed by atoms with E-state index in [-0.39, 0.29) is 6.42 Å². The number of benzene rings is 2. The summed E-state index contributed by atoms with van der Waals surface area (Å²) in [4.78, 5) is 11.8. The van der Waals surface area contributed by atoms with E-state index in [1.54, 1.807) is 6.07 Å². The normalized spacial score (nSPS) is 16.5. The second-order valence-corrected chi connectivity index (χ2v) is 7.29. The van der Waals surface area contributed by atoms with E-state index in [9.17, 15) is 9.90 Å². The molecule has 0 aromatic heterocycles. The van der Waals surface area contributed by atoms with Gasteiger partial charge in [0.2, 0.25) is 3.79 Å². The molecule has 1 aliphatic carbocycles. The topological polar surface area (TPSA) is 37.3 Å². The van der Waals surface area contributed by atoms with Crippen LogP contribution < -0.4 is 0 Å². The van der Waals surface area contributed by atoms with Crippen molar-refractivity contribution in [2.45, 2.75) is 16.3 Å². The first kappa shape index (κ1) is 14.9. The molecule has 0 radical (unpaired) electrons. The first-order valence-electron chi connectivity index (χ1n) is 6.38. The maximum Gasteiger partial charge on any atom is 0.249 e. The average molecular weight is 342 g/mol. The van der Waals surface area contributed by atoms with Crippen LogP contribution in [0.4, 0.5) is 0 Å². The molecule has 21 heavy (non-hydrogen) atoms. The third kappa shape index (κ3) is 2.69. The van der Waals surface area contributed by atoms with Crippen LogP contribution in [0.25, 0.3) is 11.1 Å². The molecule has 2 aromatic carbocycles. The van der Waals surface area contributed by atoms with Gasteiger partial charge in [-0.3, -0.25) is 4.79 Å². The summed E-state index contributed by atoms with van der Waals surface area (Å²) in [7, 11) is 0. The lowest BCUT2D eigenvalue weighted by Gasteiger charge is -2.11. The predicted octanol–water partition coefficient (Wildman–Crippen LogP) is 4.23. The zero-order chi connectivity index (χ0) is 15.2. The van der Waals surface area contributed by atoms with E-state index in [0.29, 0.717) is 0 Å². The Balaban J connectivity index is 1.96. The molecule has 1 unspecified atom stereocenters. The predicted molar refractivity (Wildman–Crippen MR) is 84.9 cm³/mol. The summed E-state index contributed by atoms with van der Waals surface area (Å²) in [5.41, 5.74) is 4.36. The van der Waals surface area contributed by atoms with E-state index in [1.165, 1.54) is 0 Å². The zero-order valence-corrected chi connectivity index (χ0v) is 13.1. The number of carbonyl (C=O) groups is 1. The highest BCUT2D eigenvalue weighted by Crippen LogP contribution is 2.43. The molecule has 1 atom stereocenters. The summed E-state index contributed by atoms with van der Waals surface area (Å²) < 4.78 is -1.92. The number of hydrogen-bond acceptors (Lipinski definition) is 2. The number of aliphatic hydroxyl groups excluding tert-OH is 1. The van der Waals surface area contributed by atoms with E-state index >= 15 is 0 Å². The van der Waals surface area contributed by atoms with E-state index in [0.717, 1.165) is 27.8 Å². The number of rotatable bonds is 2. The number of ketones is 1. The lowest BCUT2D eigenvalue weighted by Crippen LogP contribution is -2.21. The lowest BCUT2D eigenvalue weighted by atomic mass is 10.0. The molecule has 108 valence electrons. The van der Waals surface area contributed by atoms with Crippen molar-refractivity contribution in [1.82, 2.24) is 0 Å². The third-order valence-electron chi connectivity index (χ3n) is 3.64. The van der Waals surface area contributed by atoms with Crippen LogP contribution in [-0.2, 0) is 11.2 Å². The van der Waals surface area contributed by atoms with Crippen molar-refractivity contribution in [3.63, 3.8) is 0 Å². The van der Waals surface area contributed by atoms with Gasteiger partial charge in [-0.15, -0.1) is 0 Å². The first-order chi connectivity index (χ1) is 9.88. The Morgan fingerprint density at radius 1 is 1.05 bits per heavy atom. The van der Waals surface area contributed by atoms with Gasteiger partial charge in [0.25, 0.3) is 0 Å². The number of halogens is 3. The maximum atomic E-state index is 11.8. The van der Waals surface area contributed by atoms with E-state index < -0.39 is 15.7 Å². The Bertz CT molecular complexity index is 720. The Hall–Kier alpha value is -1.06. The number of hydrogen-bond donors (Lipinski definition) is 1. The highest BCUT2D eigenvalue weighted by atomic mass is 35.6. The SMILES string of the molecule is O=C(Cc1ccc2c(c1)C(O)c1ccccc1-2)C(Cl)(Cl)Cl. The van der Waals surface area contributed by atoms with Crippen LogP contribution in [0.15, 0.2) is 42.5 Å². The molecule has 0 amide bonds. The molecule has 0 saturated carbocycles. The number of fused-ring (bicyclic) bond motifs is 3. The van der Waals surface area contributed by atoms with Gasteiger partial charge in [0.05, 0.1) is 0 Å². The standard InChI is InChI=1S/C16H11Cl3O2/c17-16(18,19)14(20)8-9-5-6-11-10-3-1-2-4-12(10)15(21)13(11)7-9/h1-7,15,21H,8H2. The zero-order valence-electron chi connectivity index (χ0n) is 10.8. The first-order valence-corrected chi connectivity index (χ1v) is 7.51. The van der Waals surface area contributed by atoms with Gasteiger partial charge in [-0.1, -0.05) is 77.3 Å². The van der Waals surface area contributed by atoms with Gasteiger partial charge in [0, 0.05) is 6.42 Å². The Kier molecular flexibility index (Phi) is 3.74. The van der Waals surface area contributed by atoms with Crippen LogP contribution >= 0.6 is 34.8 Å². The summed E-state index contributed by atoms with van der Waals surface area (Å²) >= 11 is 16.8. The molecule has 0 spiro atoms. The van der Waals surface area contributed by atoms with Gasteiger partial charge in [-0.25, -0.2) is 0 Å². The van der Waals surface area contributed by atoms with Crippen LogP contribution in [0.2, 0.25) is 0 Å². The van der Waals surface area contributed by atoms with Gasteiger partial charge in [-0.05, 0) is 27.8 Å². The van der Waals surface area contributed by atoms with Crippen molar-refractivity contribution in [2.75, 3.05) is 0 Å². The number of aliphatic hydroxyl groups is 1. The molecule has 0 heterocycles. The fourth-order valence-corrected chi connectivity index (χ4v) is 2.83. The minimum absolute atomic E-state index is 0.0207. The Morgan fingerprint density at radius 3 is 2.43 bits per heavy atom. The van der Waals surface area contributed by atoms with Gasteiger partial charge >= 0.3 is 0 Å². The molecule has 0 bridgehead atoms. The molecular formula is C16H11Cl3O2. The van der Waals surface area contributed by atoms with Crippen LogP contribution in [0.1, 0.15) is 22.8 Å². The van der Waals surface area contributed by atoms with Gasteiger partial charge < -0.3 is 5.11 Å². The Labute approximate surface area is 137 Å². The van der Waals surface area contributed by atoms with Crippen LogP contribution in [0.5, 0.6) is 0 Å². The minimum atomic E-state index is -1.92. The molecule has 5 heteroatoms. The minimum Gasteiger partial charge on any atom is -0.384 e. The molecule has 2 nitrogen and oxygen atoms in total.